The number of carboxylic acid groups (broad SMARTS) is 1. The number of rotatable bonds is 4. The molecule has 2 heterocycles. The Bertz CT molecular complexity index is 604. The molecule has 1 saturated heterocycles. The monoisotopic (exact) mass is 289 g/mol. The summed E-state index contributed by atoms with van der Waals surface area (Å²) in [5.41, 5.74) is 0.857. The first-order valence-corrected chi connectivity index (χ1v) is 6.70. The van der Waals surface area contributed by atoms with Gasteiger partial charge < -0.3 is 19.5 Å². The molecule has 6 nitrogen and oxygen atoms in total. The van der Waals surface area contributed by atoms with E-state index in [1.54, 1.807) is 17.0 Å². The highest BCUT2D eigenvalue weighted by molar-refractivity contribution is 5.92. The molecule has 0 saturated carbocycles. The van der Waals surface area contributed by atoms with Gasteiger partial charge in [-0.2, -0.15) is 0 Å². The van der Waals surface area contributed by atoms with Crippen LogP contribution in [0.15, 0.2) is 24.3 Å². The molecule has 6 heteroatoms. The Morgan fingerprint density at radius 1 is 1.29 bits per heavy atom. The van der Waals surface area contributed by atoms with Crippen molar-refractivity contribution >= 4 is 18.0 Å². The fraction of sp³-hybridized carbons (Fsp3) is 0.333. The Kier molecular flexibility index (Phi) is 3.51. The highest BCUT2D eigenvalue weighted by Gasteiger charge is 2.30. The smallest absolute Gasteiger partial charge is 0.303 e. The molecule has 0 radical (unpaired) electrons. The van der Waals surface area contributed by atoms with Crippen molar-refractivity contribution in [2.24, 2.45) is 5.92 Å². The van der Waals surface area contributed by atoms with Gasteiger partial charge in [-0.25, -0.2) is 0 Å². The van der Waals surface area contributed by atoms with Crippen molar-refractivity contribution in [3.8, 4) is 11.5 Å². The zero-order chi connectivity index (χ0) is 14.8. The van der Waals surface area contributed by atoms with Crippen LogP contribution in [0.4, 0.5) is 0 Å². The van der Waals surface area contributed by atoms with E-state index in [2.05, 4.69) is 0 Å². The molecule has 1 aromatic rings. The van der Waals surface area contributed by atoms with Crippen molar-refractivity contribution in [1.29, 1.82) is 0 Å². The van der Waals surface area contributed by atoms with E-state index in [0.29, 0.717) is 24.6 Å². The highest BCUT2D eigenvalue weighted by Crippen LogP contribution is 2.32. The van der Waals surface area contributed by atoms with Gasteiger partial charge in [-0.1, -0.05) is 6.07 Å². The van der Waals surface area contributed by atoms with Crippen LogP contribution in [0.3, 0.4) is 0 Å². The van der Waals surface area contributed by atoms with E-state index >= 15 is 0 Å². The number of benzene rings is 1. The van der Waals surface area contributed by atoms with Crippen LogP contribution in [-0.4, -0.2) is 41.8 Å². The molecule has 0 aromatic heterocycles. The van der Waals surface area contributed by atoms with Crippen molar-refractivity contribution < 1.29 is 24.2 Å². The van der Waals surface area contributed by atoms with Gasteiger partial charge in [-0.05, 0) is 23.8 Å². The van der Waals surface area contributed by atoms with Crippen LogP contribution in [0.5, 0.6) is 11.5 Å². The summed E-state index contributed by atoms with van der Waals surface area (Å²) >= 11 is 0. The molecule has 0 aliphatic carbocycles. The van der Waals surface area contributed by atoms with Crippen LogP contribution in [0.2, 0.25) is 0 Å². The summed E-state index contributed by atoms with van der Waals surface area (Å²) in [6.07, 6.45) is 3.33. The van der Waals surface area contributed by atoms with E-state index in [1.807, 2.05) is 12.1 Å². The molecule has 2 aliphatic heterocycles. The van der Waals surface area contributed by atoms with Gasteiger partial charge in [0.15, 0.2) is 11.5 Å². The number of amides is 1. The molecule has 3 rings (SSSR count). The van der Waals surface area contributed by atoms with E-state index in [1.165, 1.54) is 6.08 Å². The van der Waals surface area contributed by atoms with E-state index in [4.69, 9.17) is 14.6 Å². The van der Waals surface area contributed by atoms with Gasteiger partial charge in [-0.15, -0.1) is 0 Å². The number of fused-ring (bicyclic) bond motifs is 1. The lowest BCUT2D eigenvalue weighted by Gasteiger charge is -2.37. The summed E-state index contributed by atoms with van der Waals surface area (Å²) in [5, 5.41) is 8.66. The molecule has 0 unspecified atom stereocenters. The second kappa shape index (κ2) is 5.47. The van der Waals surface area contributed by atoms with E-state index in [9.17, 15) is 9.59 Å². The van der Waals surface area contributed by atoms with Crippen molar-refractivity contribution in [1.82, 2.24) is 4.90 Å². The van der Waals surface area contributed by atoms with Gasteiger partial charge in [0.1, 0.15) is 0 Å². The lowest BCUT2D eigenvalue weighted by Crippen LogP contribution is -2.49. The largest absolute Gasteiger partial charge is 0.481 e. The third-order valence-electron chi connectivity index (χ3n) is 3.55. The normalized spacial score (nSPS) is 17.0. The Labute approximate surface area is 121 Å². The van der Waals surface area contributed by atoms with Crippen LogP contribution >= 0.6 is 0 Å². The first kappa shape index (κ1) is 13.5. The maximum Gasteiger partial charge on any atom is 0.303 e. The third-order valence-corrected chi connectivity index (χ3v) is 3.55. The maximum atomic E-state index is 11.9. The van der Waals surface area contributed by atoms with Crippen molar-refractivity contribution in [3.05, 3.63) is 29.8 Å². The van der Waals surface area contributed by atoms with Crippen LogP contribution < -0.4 is 9.47 Å². The molecular formula is C15H15NO5. The predicted molar refractivity (Wildman–Crippen MR) is 73.9 cm³/mol. The topological polar surface area (TPSA) is 76.1 Å². The Morgan fingerprint density at radius 2 is 2.05 bits per heavy atom. The summed E-state index contributed by atoms with van der Waals surface area (Å²) < 4.78 is 10.5. The first-order chi connectivity index (χ1) is 10.1. The zero-order valence-corrected chi connectivity index (χ0v) is 11.3. The maximum absolute atomic E-state index is 11.9. The molecule has 1 aromatic carbocycles. The summed E-state index contributed by atoms with van der Waals surface area (Å²) in [6, 6.07) is 5.47. The van der Waals surface area contributed by atoms with Crippen LogP contribution in [0.1, 0.15) is 12.0 Å². The molecule has 110 valence electrons. The Hall–Kier alpha value is -2.50. The summed E-state index contributed by atoms with van der Waals surface area (Å²) in [4.78, 5) is 24.1. The molecule has 1 N–H and O–H groups in total. The molecule has 0 bridgehead atoms. The molecule has 0 atom stereocenters. The van der Waals surface area contributed by atoms with Crippen molar-refractivity contribution in [2.75, 3.05) is 19.9 Å². The fourth-order valence-electron chi connectivity index (χ4n) is 2.42. The minimum absolute atomic E-state index is 0.0744. The summed E-state index contributed by atoms with van der Waals surface area (Å²) in [5.74, 6) is 0.538. The molecule has 21 heavy (non-hydrogen) atoms. The molecule has 1 fully saturated rings. The van der Waals surface area contributed by atoms with Gasteiger partial charge in [0.25, 0.3) is 0 Å². The predicted octanol–water partition coefficient (Wildman–Crippen LogP) is 1.36. The number of carboxylic acids is 1. The number of carbonyl (C=O) groups is 2. The van der Waals surface area contributed by atoms with E-state index < -0.39 is 5.97 Å². The van der Waals surface area contributed by atoms with Gasteiger partial charge in [0, 0.05) is 25.1 Å². The number of likely N-dealkylation sites (tertiary alicyclic amines) is 1. The average Bonchev–Trinajstić information content (AvgIpc) is 2.86. The second-order valence-corrected chi connectivity index (χ2v) is 5.15. The molecule has 1 amide bonds. The lowest BCUT2D eigenvalue weighted by atomic mass is 9.96. The number of nitrogens with zero attached hydrogens (tertiary/aromatic N) is 1. The van der Waals surface area contributed by atoms with E-state index in [0.717, 1.165) is 5.56 Å². The Balaban J connectivity index is 1.55. The SMILES string of the molecule is O=C(O)CC1CN(C(=O)C=Cc2ccc3c(c2)OCO3)C1. The summed E-state index contributed by atoms with van der Waals surface area (Å²) in [7, 11) is 0. The number of hydrogen-bond acceptors (Lipinski definition) is 4. The number of aliphatic carboxylic acids is 1. The fourth-order valence-corrected chi connectivity index (χ4v) is 2.42. The van der Waals surface area contributed by atoms with Gasteiger partial charge in [-0.3, -0.25) is 9.59 Å². The number of ether oxygens (including phenoxy) is 2. The Morgan fingerprint density at radius 3 is 2.81 bits per heavy atom. The number of hydrogen-bond donors (Lipinski definition) is 1. The molecular weight excluding hydrogens is 274 g/mol. The van der Waals surface area contributed by atoms with Crippen LogP contribution in [0, 0.1) is 5.92 Å². The lowest BCUT2D eigenvalue weighted by molar-refractivity contribution is -0.143. The van der Waals surface area contributed by atoms with Crippen molar-refractivity contribution in [2.45, 2.75) is 6.42 Å². The first-order valence-electron chi connectivity index (χ1n) is 6.70. The molecule has 2 aliphatic rings. The van der Waals surface area contributed by atoms with Gasteiger partial charge in [0.2, 0.25) is 12.7 Å². The highest BCUT2D eigenvalue weighted by atomic mass is 16.7. The summed E-state index contributed by atoms with van der Waals surface area (Å²) in [6.45, 7) is 1.24. The van der Waals surface area contributed by atoms with Gasteiger partial charge in [0.05, 0.1) is 6.42 Å². The standard InChI is InChI=1S/C15H15NO5/c17-14(16-7-11(8-16)6-15(18)19)4-2-10-1-3-12-13(5-10)21-9-20-12/h1-5,11H,6-9H2,(H,18,19). The van der Waals surface area contributed by atoms with Gasteiger partial charge >= 0.3 is 5.97 Å². The number of carbonyl (C=O) groups excluding carboxylic acids is 1. The quantitative estimate of drug-likeness (QED) is 0.847. The van der Waals surface area contributed by atoms with Crippen molar-refractivity contribution in [3.63, 3.8) is 0 Å². The van der Waals surface area contributed by atoms with Crippen LogP contribution in [-0.2, 0) is 9.59 Å². The minimum atomic E-state index is -0.817. The average molecular weight is 289 g/mol. The third kappa shape index (κ3) is 2.99. The van der Waals surface area contributed by atoms with Crippen LogP contribution in [0.25, 0.3) is 6.08 Å². The minimum Gasteiger partial charge on any atom is -0.481 e. The second-order valence-electron chi connectivity index (χ2n) is 5.15. The van der Waals surface area contributed by atoms with E-state index in [-0.39, 0.29) is 25.0 Å². The zero-order valence-electron chi connectivity index (χ0n) is 11.3. The molecule has 0 spiro atoms.